The molecule has 0 spiro atoms. The van der Waals surface area contributed by atoms with Crippen LogP contribution in [0.3, 0.4) is 0 Å². The molecule has 1 aromatic carbocycles. The molecule has 0 unspecified atom stereocenters. The summed E-state index contributed by atoms with van der Waals surface area (Å²) in [4.78, 5) is 26.1. The van der Waals surface area contributed by atoms with E-state index in [4.69, 9.17) is 11.6 Å². The Morgan fingerprint density at radius 2 is 2.13 bits per heavy atom. The average Bonchev–Trinajstić information content (AvgIpc) is 2.92. The summed E-state index contributed by atoms with van der Waals surface area (Å²) in [6, 6.07) is 5.57. The summed E-state index contributed by atoms with van der Waals surface area (Å²) in [5.41, 5.74) is 1.74. The van der Waals surface area contributed by atoms with Crippen LogP contribution in [0, 0.1) is 12.8 Å². The number of benzene rings is 1. The molecule has 1 atom stereocenters. The molecular weight excluding hydrogens is 312 g/mol. The Bertz CT molecular complexity index is 574. The minimum atomic E-state index is -0.270. The molecule has 0 bridgehead atoms. The van der Waals surface area contributed by atoms with E-state index in [1.54, 1.807) is 11.0 Å². The van der Waals surface area contributed by atoms with Crippen molar-refractivity contribution < 1.29 is 9.59 Å². The number of amides is 2. The zero-order valence-corrected chi connectivity index (χ0v) is 14.7. The summed E-state index contributed by atoms with van der Waals surface area (Å²) < 4.78 is 0. The minimum Gasteiger partial charge on any atom is -0.356 e. The summed E-state index contributed by atoms with van der Waals surface area (Å²) in [5, 5.41) is 3.59. The first-order chi connectivity index (χ1) is 11.0. The Kier molecular flexibility index (Phi) is 6.46. The molecule has 0 saturated carbocycles. The number of hydrogen-bond donors (Lipinski definition) is 1. The second-order valence-corrected chi connectivity index (χ2v) is 6.60. The fraction of sp³-hybridized carbons (Fsp3) is 0.556. The van der Waals surface area contributed by atoms with Crippen molar-refractivity contribution in [3.05, 3.63) is 28.8 Å². The van der Waals surface area contributed by atoms with Crippen molar-refractivity contribution in [1.29, 1.82) is 0 Å². The van der Waals surface area contributed by atoms with Gasteiger partial charge in [-0.3, -0.25) is 9.59 Å². The largest absolute Gasteiger partial charge is 0.356 e. The number of rotatable bonds is 7. The smallest absolute Gasteiger partial charge is 0.227 e. The molecule has 126 valence electrons. The monoisotopic (exact) mass is 336 g/mol. The van der Waals surface area contributed by atoms with Gasteiger partial charge in [-0.25, -0.2) is 0 Å². The third-order valence-electron chi connectivity index (χ3n) is 4.29. The highest BCUT2D eigenvalue weighted by Crippen LogP contribution is 2.28. The molecule has 1 saturated heterocycles. The number of aryl methyl sites for hydroxylation is 1. The van der Waals surface area contributed by atoms with Crippen LogP contribution in [0.1, 0.15) is 44.6 Å². The molecule has 0 radical (unpaired) electrons. The molecule has 1 heterocycles. The van der Waals surface area contributed by atoms with Gasteiger partial charge >= 0.3 is 0 Å². The van der Waals surface area contributed by atoms with E-state index in [1.807, 2.05) is 19.1 Å². The van der Waals surface area contributed by atoms with E-state index >= 15 is 0 Å². The molecule has 2 rings (SSSR count). The number of carbonyl (C=O) groups excluding carboxylic acids is 2. The summed E-state index contributed by atoms with van der Waals surface area (Å²) in [7, 11) is 0. The van der Waals surface area contributed by atoms with Gasteiger partial charge in [-0.1, -0.05) is 43.9 Å². The molecule has 0 aromatic heterocycles. The van der Waals surface area contributed by atoms with Crippen LogP contribution in [0.15, 0.2) is 18.2 Å². The summed E-state index contributed by atoms with van der Waals surface area (Å²) in [6.45, 7) is 5.21. The van der Waals surface area contributed by atoms with E-state index in [9.17, 15) is 9.59 Å². The van der Waals surface area contributed by atoms with Gasteiger partial charge in [0.1, 0.15) is 0 Å². The first kappa shape index (κ1) is 17.8. The summed E-state index contributed by atoms with van der Waals surface area (Å²) >= 11 is 6.13. The number of nitrogens with zero attached hydrogens (tertiary/aromatic N) is 1. The molecule has 23 heavy (non-hydrogen) atoms. The Labute approximate surface area is 143 Å². The van der Waals surface area contributed by atoms with Crippen LogP contribution in [0.4, 0.5) is 5.69 Å². The van der Waals surface area contributed by atoms with Crippen molar-refractivity contribution >= 4 is 29.1 Å². The molecular formula is C18H25ClN2O2. The predicted molar refractivity (Wildman–Crippen MR) is 93.8 cm³/mol. The molecule has 2 amide bonds. The Morgan fingerprint density at radius 1 is 1.35 bits per heavy atom. The standard InChI is InChI=1S/C18H25ClN2O2/c1-3-4-5-6-9-20-18(23)14-10-17(22)21(12-14)15-8-7-13(2)16(19)11-15/h7-8,11,14H,3-6,9-10,12H2,1-2H3,(H,20,23)/t14-/m0/s1. The van der Waals surface area contributed by atoms with Crippen LogP contribution in [-0.4, -0.2) is 24.9 Å². The first-order valence-corrected chi connectivity index (χ1v) is 8.75. The van der Waals surface area contributed by atoms with Crippen molar-refractivity contribution in [3.63, 3.8) is 0 Å². The lowest BCUT2D eigenvalue weighted by atomic mass is 10.1. The lowest BCUT2D eigenvalue weighted by Gasteiger charge is -2.17. The quantitative estimate of drug-likeness (QED) is 0.772. The second kappa shape index (κ2) is 8.34. The number of halogens is 1. The maximum absolute atomic E-state index is 12.2. The minimum absolute atomic E-state index is 0.0175. The van der Waals surface area contributed by atoms with E-state index in [-0.39, 0.29) is 24.2 Å². The van der Waals surface area contributed by atoms with Gasteiger partial charge in [0.25, 0.3) is 0 Å². The van der Waals surface area contributed by atoms with Gasteiger partial charge < -0.3 is 10.2 Å². The van der Waals surface area contributed by atoms with Gasteiger partial charge in [0.2, 0.25) is 11.8 Å². The third kappa shape index (κ3) is 4.71. The van der Waals surface area contributed by atoms with Crippen LogP contribution in [0.2, 0.25) is 5.02 Å². The Hall–Kier alpha value is -1.55. The molecule has 4 nitrogen and oxygen atoms in total. The van der Waals surface area contributed by atoms with Gasteiger partial charge in [-0.2, -0.15) is 0 Å². The predicted octanol–water partition coefficient (Wildman–Crippen LogP) is 3.70. The maximum Gasteiger partial charge on any atom is 0.227 e. The normalized spacial score (nSPS) is 17.6. The molecule has 0 aliphatic carbocycles. The fourth-order valence-electron chi connectivity index (χ4n) is 2.79. The van der Waals surface area contributed by atoms with Crippen LogP contribution in [-0.2, 0) is 9.59 Å². The Balaban J connectivity index is 1.89. The van der Waals surface area contributed by atoms with Crippen LogP contribution in [0.25, 0.3) is 0 Å². The molecule has 1 aliphatic heterocycles. The highest BCUT2D eigenvalue weighted by Gasteiger charge is 2.35. The van der Waals surface area contributed by atoms with E-state index in [2.05, 4.69) is 12.2 Å². The van der Waals surface area contributed by atoms with Crippen LogP contribution < -0.4 is 10.2 Å². The zero-order valence-electron chi connectivity index (χ0n) is 13.9. The Morgan fingerprint density at radius 3 is 2.83 bits per heavy atom. The maximum atomic E-state index is 12.2. The van der Waals surface area contributed by atoms with Crippen LogP contribution in [0.5, 0.6) is 0 Å². The molecule has 1 aliphatic rings. The SMILES string of the molecule is CCCCCCNC(=O)[C@H]1CC(=O)N(c2ccc(C)c(Cl)c2)C1. The lowest BCUT2D eigenvalue weighted by molar-refractivity contribution is -0.126. The van der Waals surface area contributed by atoms with E-state index in [0.29, 0.717) is 18.1 Å². The lowest BCUT2D eigenvalue weighted by Crippen LogP contribution is -2.33. The number of hydrogen-bond acceptors (Lipinski definition) is 2. The fourth-order valence-corrected chi connectivity index (χ4v) is 2.96. The van der Waals surface area contributed by atoms with Crippen molar-refractivity contribution in [1.82, 2.24) is 5.32 Å². The number of nitrogens with one attached hydrogen (secondary N) is 1. The molecule has 1 aromatic rings. The van der Waals surface area contributed by atoms with Crippen molar-refractivity contribution in [3.8, 4) is 0 Å². The van der Waals surface area contributed by atoms with Crippen LogP contribution >= 0.6 is 11.6 Å². The van der Waals surface area contributed by atoms with E-state index in [0.717, 1.165) is 24.1 Å². The van der Waals surface area contributed by atoms with Crippen molar-refractivity contribution in [2.75, 3.05) is 18.0 Å². The second-order valence-electron chi connectivity index (χ2n) is 6.19. The van der Waals surface area contributed by atoms with Crippen molar-refractivity contribution in [2.24, 2.45) is 5.92 Å². The van der Waals surface area contributed by atoms with Gasteiger partial charge in [0.05, 0.1) is 5.92 Å². The van der Waals surface area contributed by atoms with Gasteiger partial charge in [0, 0.05) is 30.2 Å². The third-order valence-corrected chi connectivity index (χ3v) is 4.70. The van der Waals surface area contributed by atoms with Gasteiger partial charge in [-0.05, 0) is 31.0 Å². The average molecular weight is 337 g/mol. The van der Waals surface area contributed by atoms with E-state index < -0.39 is 0 Å². The molecule has 5 heteroatoms. The number of unbranched alkanes of at least 4 members (excludes halogenated alkanes) is 3. The zero-order chi connectivity index (χ0) is 16.8. The highest BCUT2D eigenvalue weighted by atomic mass is 35.5. The van der Waals surface area contributed by atoms with Gasteiger partial charge in [-0.15, -0.1) is 0 Å². The summed E-state index contributed by atoms with van der Waals surface area (Å²) in [6.07, 6.45) is 4.77. The van der Waals surface area contributed by atoms with Crippen molar-refractivity contribution in [2.45, 2.75) is 46.0 Å². The topological polar surface area (TPSA) is 49.4 Å². The number of carbonyl (C=O) groups is 2. The molecule has 1 N–H and O–H groups in total. The highest BCUT2D eigenvalue weighted by molar-refractivity contribution is 6.31. The van der Waals surface area contributed by atoms with Gasteiger partial charge in [0.15, 0.2) is 0 Å². The number of anilines is 1. The summed E-state index contributed by atoms with van der Waals surface area (Å²) in [5.74, 6) is -0.305. The first-order valence-electron chi connectivity index (χ1n) is 8.37. The van der Waals surface area contributed by atoms with E-state index in [1.165, 1.54) is 12.8 Å². The molecule has 1 fully saturated rings.